The first-order valence-electron chi connectivity index (χ1n) is 35.6. The summed E-state index contributed by atoms with van der Waals surface area (Å²) in [6, 6.07) is -0.871. The molecule has 0 aromatic rings. The maximum absolute atomic E-state index is 13.1. The van der Waals surface area contributed by atoms with Gasteiger partial charge in [-0.05, 0) is 83.5 Å². The fourth-order valence-electron chi connectivity index (χ4n) is 10.3. The van der Waals surface area contributed by atoms with Crippen molar-refractivity contribution in [3.63, 3.8) is 0 Å². The fourth-order valence-corrected chi connectivity index (χ4v) is 11.0. The molecule has 1 amide bonds. The van der Waals surface area contributed by atoms with Crippen LogP contribution >= 0.6 is 7.82 Å². The largest absolute Gasteiger partial charge is 0.472 e. The van der Waals surface area contributed by atoms with Gasteiger partial charge in [-0.2, -0.15) is 0 Å². The van der Waals surface area contributed by atoms with Gasteiger partial charge in [0.05, 0.1) is 39.9 Å². The molecular weight excluding hydrogens is 1060 g/mol. The topological polar surface area (TPSA) is 105 Å². The van der Waals surface area contributed by atoms with E-state index in [0.717, 1.165) is 77.0 Å². The number of rotatable bonds is 65. The number of carbonyl (C=O) groups excluding carboxylic acids is 1. The van der Waals surface area contributed by atoms with Crippen LogP contribution in [0.5, 0.6) is 0 Å². The van der Waals surface area contributed by atoms with Crippen LogP contribution in [-0.4, -0.2) is 73.4 Å². The van der Waals surface area contributed by atoms with Crippen molar-refractivity contribution in [1.82, 2.24) is 5.32 Å². The molecule has 0 bridgehead atoms. The van der Waals surface area contributed by atoms with Crippen LogP contribution in [0, 0.1) is 0 Å². The minimum Gasteiger partial charge on any atom is -0.387 e. The zero-order valence-electron chi connectivity index (χ0n) is 55.9. The number of phosphoric ester groups is 1. The average Bonchev–Trinajstić information content (AvgIpc) is 3.56. The van der Waals surface area contributed by atoms with E-state index in [-0.39, 0.29) is 19.1 Å². The van der Waals surface area contributed by atoms with E-state index in [4.69, 9.17) is 9.05 Å². The van der Waals surface area contributed by atoms with Gasteiger partial charge in [-0.3, -0.25) is 13.8 Å². The number of phosphoric acid groups is 1. The van der Waals surface area contributed by atoms with E-state index in [0.29, 0.717) is 17.4 Å². The predicted octanol–water partition coefficient (Wildman–Crippen LogP) is 22.9. The highest BCUT2D eigenvalue weighted by molar-refractivity contribution is 7.47. The van der Waals surface area contributed by atoms with Crippen LogP contribution in [0.2, 0.25) is 0 Å². The van der Waals surface area contributed by atoms with E-state index < -0.39 is 20.0 Å². The van der Waals surface area contributed by atoms with Gasteiger partial charge < -0.3 is 19.8 Å². The Morgan fingerprint density at radius 1 is 0.417 bits per heavy atom. The first-order chi connectivity index (χ1) is 41.0. The number of nitrogens with zero attached hydrogens (tertiary/aromatic N) is 1. The molecule has 0 fully saturated rings. The smallest absolute Gasteiger partial charge is 0.387 e. The molecule has 3 atom stereocenters. The van der Waals surface area contributed by atoms with E-state index >= 15 is 0 Å². The Labute approximate surface area is 521 Å². The van der Waals surface area contributed by atoms with Crippen molar-refractivity contribution in [2.75, 3.05) is 40.9 Å². The van der Waals surface area contributed by atoms with Crippen molar-refractivity contribution >= 4 is 13.7 Å². The molecule has 0 saturated carbocycles. The van der Waals surface area contributed by atoms with Crippen molar-refractivity contribution < 1.29 is 32.9 Å². The van der Waals surface area contributed by atoms with Crippen LogP contribution < -0.4 is 5.32 Å². The van der Waals surface area contributed by atoms with Crippen molar-refractivity contribution in [3.05, 3.63) is 97.2 Å². The second-order valence-corrected chi connectivity index (χ2v) is 26.7. The van der Waals surface area contributed by atoms with Crippen LogP contribution in [0.15, 0.2) is 97.2 Å². The molecule has 9 heteroatoms. The summed E-state index contributed by atoms with van der Waals surface area (Å²) >= 11 is 0. The van der Waals surface area contributed by atoms with Gasteiger partial charge in [0, 0.05) is 6.42 Å². The first kappa shape index (κ1) is 81.4. The molecule has 3 unspecified atom stereocenters. The summed E-state index contributed by atoms with van der Waals surface area (Å²) in [6.07, 6.45) is 94.2. The van der Waals surface area contributed by atoms with Crippen LogP contribution in [0.1, 0.15) is 322 Å². The monoisotopic (exact) mass is 1190 g/mol. The van der Waals surface area contributed by atoms with Gasteiger partial charge in [0.1, 0.15) is 13.2 Å². The summed E-state index contributed by atoms with van der Waals surface area (Å²) in [4.78, 5) is 23.4. The predicted molar refractivity (Wildman–Crippen MR) is 369 cm³/mol. The normalized spacial score (nSPS) is 14.2. The molecule has 0 heterocycles. The highest BCUT2D eigenvalue weighted by Crippen LogP contribution is 2.43. The summed E-state index contributed by atoms with van der Waals surface area (Å²) in [5.41, 5.74) is 0. The Balaban J connectivity index is 4.11. The molecule has 0 radical (unpaired) electrons. The Hall–Kier alpha value is -2.58. The van der Waals surface area contributed by atoms with E-state index in [1.54, 1.807) is 6.08 Å². The van der Waals surface area contributed by atoms with Crippen LogP contribution in [0.4, 0.5) is 0 Å². The van der Waals surface area contributed by atoms with E-state index in [2.05, 4.69) is 104 Å². The fraction of sp³-hybridized carbons (Fsp3) is 0.773. The van der Waals surface area contributed by atoms with Gasteiger partial charge in [-0.25, -0.2) is 4.57 Å². The molecule has 3 N–H and O–H groups in total. The number of unbranched alkanes of at least 4 members (excludes halogenated alkanes) is 38. The Kier molecular flexibility index (Phi) is 62.9. The lowest BCUT2D eigenvalue weighted by Gasteiger charge is -2.25. The third-order valence-corrected chi connectivity index (χ3v) is 16.8. The molecule has 0 spiro atoms. The molecule has 8 nitrogen and oxygen atoms in total. The van der Waals surface area contributed by atoms with Gasteiger partial charge >= 0.3 is 7.82 Å². The molecule has 0 aromatic heterocycles. The van der Waals surface area contributed by atoms with Crippen molar-refractivity contribution in [2.24, 2.45) is 0 Å². The van der Waals surface area contributed by atoms with Crippen molar-refractivity contribution in [3.8, 4) is 0 Å². The van der Waals surface area contributed by atoms with Gasteiger partial charge in [-0.1, -0.05) is 329 Å². The van der Waals surface area contributed by atoms with Crippen LogP contribution in [0.3, 0.4) is 0 Å². The van der Waals surface area contributed by atoms with Crippen molar-refractivity contribution in [2.45, 2.75) is 334 Å². The molecular formula is C75H138N2O6P+. The zero-order valence-corrected chi connectivity index (χ0v) is 56.8. The second-order valence-electron chi connectivity index (χ2n) is 25.2. The minimum absolute atomic E-state index is 0.0532. The van der Waals surface area contributed by atoms with Gasteiger partial charge in [-0.15, -0.1) is 0 Å². The summed E-state index contributed by atoms with van der Waals surface area (Å²) in [5, 5.41) is 14.0. The molecule has 0 aromatic carbocycles. The number of hydrogen-bond donors (Lipinski definition) is 3. The van der Waals surface area contributed by atoms with E-state index in [1.807, 2.05) is 27.2 Å². The zero-order chi connectivity index (χ0) is 61.2. The number of nitrogens with one attached hydrogen (secondary N) is 1. The summed E-state index contributed by atoms with van der Waals surface area (Å²) in [5.74, 6) is -0.187. The highest BCUT2D eigenvalue weighted by Gasteiger charge is 2.28. The third-order valence-electron chi connectivity index (χ3n) is 15.8. The maximum atomic E-state index is 13.1. The summed E-state index contributed by atoms with van der Waals surface area (Å²) in [7, 11) is 1.56. The van der Waals surface area contributed by atoms with Crippen molar-refractivity contribution in [1.29, 1.82) is 0 Å². The van der Waals surface area contributed by atoms with Gasteiger partial charge in [0.15, 0.2) is 0 Å². The highest BCUT2D eigenvalue weighted by atomic mass is 31.2. The number of amides is 1. The number of aliphatic hydroxyl groups is 1. The molecule has 0 rings (SSSR count). The lowest BCUT2D eigenvalue weighted by atomic mass is 10.0. The molecule has 0 saturated heterocycles. The van der Waals surface area contributed by atoms with Crippen LogP contribution in [0.25, 0.3) is 0 Å². The van der Waals surface area contributed by atoms with E-state index in [9.17, 15) is 19.4 Å². The SMILES string of the molecule is CC/C=C\C/C=C\C/C=C\C/C=C\C/C=C\C/C=C\CCCCCCCCCCCCCCCCC(=O)NC(COP(=O)(O)OCC[N+](C)(C)C)C(O)/C=C/CC/C=C/CCCCCCCCCCCCCCCCCCCCCCCCC. The summed E-state index contributed by atoms with van der Waals surface area (Å²) < 4.78 is 23.8. The van der Waals surface area contributed by atoms with E-state index in [1.165, 1.54) is 225 Å². The summed E-state index contributed by atoms with van der Waals surface area (Å²) in [6.45, 7) is 4.71. The quantitative estimate of drug-likeness (QED) is 0.0243. The van der Waals surface area contributed by atoms with Gasteiger partial charge in [0.25, 0.3) is 0 Å². The van der Waals surface area contributed by atoms with Crippen LogP contribution in [-0.2, 0) is 18.4 Å². The minimum atomic E-state index is -4.37. The lowest BCUT2D eigenvalue weighted by Crippen LogP contribution is -2.45. The molecule has 488 valence electrons. The lowest BCUT2D eigenvalue weighted by molar-refractivity contribution is -0.870. The molecule has 0 aliphatic heterocycles. The number of hydrogen-bond acceptors (Lipinski definition) is 5. The molecule has 0 aliphatic carbocycles. The second kappa shape index (κ2) is 64.9. The first-order valence-corrected chi connectivity index (χ1v) is 37.1. The Bertz CT molecular complexity index is 1690. The van der Waals surface area contributed by atoms with Gasteiger partial charge in [0.2, 0.25) is 5.91 Å². The Morgan fingerprint density at radius 3 is 1.10 bits per heavy atom. The Morgan fingerprint density at radius 2 is 0.726 bits per heavy atom. The number of carbonyl (C=O) groups is 1. The molecule has 0 aliphatic rings. The maximum Gasteiger partial charge on any atom is 0.472 e. The number of likely N-dealkylation sites (N-methyl/N-ethyl adjacent to an activating group) is 1. The standard InChI is InChI=1S/C75H137N2O6P/c1-6-8-10-12-14-16-18-20-22-24-26-28-30-32-34-36-37-38-39-41-43-45-47-49-51-53-55-57-59-61-63-65-67-69-75(79)76-73(72-83-84(80,81)82-71-70-77(3,4)5)74(78)68-66-64-62-60-58-56-54-52-50-48-46-44-42-40-35-33-31-29-27-25-23-21-19-17-15-13-11-9-7-2/h8,10,14,16,20,22,26,28,32,34,37-38,58,60,66,68,73-74,78H,6-7,9,11-13,15,17-19,21,23-25,27,29-31,33,35-36,39-57,59,61-65,67,69-72H2,1-5H3,(H-,76,79,80,81)/p+1/b10-8-,16-14-,22-20-,28-26-,34-32-,38-37-,60-58+,68-66+. The molecule has 84 heavy (non-hydrogen) atoms. The number of aliphatic hydroxyl groups excluding tert-OH is 1. The number of quaternary nitrogens is 1. The average molecular weight is 1190 g/mol. The third kappa shape index (κ3) is 66.9. The number of allylic oxidation sites excluding steroid dienone is 15.